The number of likely N-dealkylation sites (N-methyl/N-ethyl adjacent to an activating group) is 1. The Balaban J connectivity index is 1.61. The number of hydrogen-bond acceptors (Lipinski definition) is 8. The van der Waals surface area contributed by atoms with Gasteiger partial charge in [0.15, 0.2) is 0 Å². The minimum absolute atomic E-state index is 0.143. The topological polar surface area (TPSA) is 153 Å². The number of nitrogens with two attached hydrogens (primary N) is 1. The van der Waals surface area contributed by atoms with Crippen molar-refractivity contribution < 1.29 is 33.4 Å². The van der Waals surface area contributed by atoms with Crippen molar-refractivity contribution >= 4 is 23.8 Å². The molecule has 0 aromatic heterocycles. The predicted molar refractivity (Wildman–Crippen MR) is 195 cm³/mol. The lowest BCUT2D eigenvalue weighted by molar-refractivity contribution is -0.147. The number of nitrogens with zero attached hydrogens (tertiary/aromatic N) is 2. The van der Waals surface area contributed by atoms with Crippen molar-refractivity contribution in [3.05, 3.63) is 64.7 Å². The molecule has 12 nitrogen and oxygen atoms in total. The average Bonchev–Trinajstić information content (AvgIpc) is 3.07. The molecule has 12 heteroatoms. The lowest BCUT2D eigenvalue weighted by Crippen LogP contribution is -2.62. The summed E-state index contributed by atoms with van der Waals surface area (Å²) in [6.45, 7) is 14.2. The van der Waals surface area contributed by atoms with E-state index in [1.54, 1.807) is 32.6 Å². The van der Waals surface area contributed by atoms with Gasteiger partial charge in [-0.3, -0.25) is 19.3 Å². The van der Waals surface area contributed by atoms with Crippen LogP contribution in [0.25, 0.3) is 0 Å². The van der Waals surface area contributed by atoms with E-state index in [9.17, 15) is 19.2 Å². The van der Waals surface area contributed by atoms with Crippen molar-refractivity contribution in [2.75, 3.05) is 33.4 Å². The van der Waals surface area contributed by atoms with Crippen molar-refractivity contribution in [2.45, 2.75) is 110 Å². The van der Waals surface area contributed by atoms with Gasteiger partial charge in [-0.15, -0.1) is 0 Å². The van der Waals surface area contributed by atoms with Gasteiger partial charge in [0.2, 0.25) is 17.7 Å². The Morgan fingerprint density at radius 1 is 0.980 bits per heavy atom. The monoisotopic (exact) mass is 707 g/mol. The lowest BCUT2D eigenvalue weighted by Gasteiger charge is -2.42. The quantitative estimate of drug-likeness (QED) is 0.277. The molecule has 1 aliphatic heterocycles. The molecular weight excluding hydrogens is 650 g/mol. The fourth-order valence-corrected chi connectivity index (χ4v) is 6.44. The largest absolute Gasteiger partial charge is 0.491 e. The fraction of sp³-hybridized carbons (Fsp3) is 0.590. The first-order valence-corrected chi connectivity index (χ1v) is 18.0. The van der Waals surface area contributed by atoms with E-state index in [1.807, 2.05) is 51.1 Å². The Morgan fingerprint density at radius 2 is 1.71 bits per heavy atom. The van der Waals surface area contributed by atoms with Gasteiger partial charge in [0, 0.05) is 26.6 Å². The molecule has 1 aliphatic carbocycles. The van der Waals surface area contributed by atoms with Crippen molar-refractivity contribution in [1.82, 2.24) is 20.4 Å². The Kier molecular flexibility index (Phi) is 13.1. The van der Waals surface area contributed by atoms with Gasteiger partial charge in [0.05, 0.1) is 19.3 Å². The number of fused-ring (bicyclic) bond motifs is 2. The highest BCUT2D eigenvalue weighted by Crippen LogP contribution is 2.33. The Bertz CT molecular complexity index is 1550. The molecule has 4 N–H and O–H groups in total. The van der Waals surface area contributed by atoms with Crippen LogP contribution in [0.1, 0.15) is 89.6 Å². The van der Waals surface area contributed by atoms with E-state index in [4.69, 9.17) is 19.9 Å². The normalized spacial score (nSPS) is 18.4. The third-order valence-electron chi connectivity index (χ3n) is 9.38. The second-order valence-electron chi connectivity index (χ2n) is 15.6. The number of rotatable bonds is 12. The van der Waals surface area contributed by atoms with Crippen LogP contribution in [0.15, 0.2) is 42.5 Å². The van der Waals surface area contributed by atoms with Crippen LogP contribution in [0, 0.1) is 5.41 Å². The van der Waals surface area contributed by atoms with Crippen molar-refractivity contribution in [1.29, 1.82) is 0 Å². The third kappa shape index (κ3) is 10.4. The van der Waals surface area contributed by atoms with E-state index in [0.717, 1.165) is 36.0 Å². The first kappa shape index (κ1) is 39.6. The number of carbonyl (C=O) groups excluding carboxylic acids is 4. The zero-order valence-corrected chi connectivity index (χ0v) is 31.5. The van der Waals surface area contributed by atoms with Gasteiger partial charge in [-0.2, -0.15) is 0 Å². The number of aryl methyl sites for hydroxylation is 1. The van der Waals surface area contributed by atoms with Crippen LogP contribution in [-0.2, 0) is 43.2 Å². The average molecular weight is 708 g/mol. The second kappa shape index (κ2) is 16.9. The van der Waals surface area contributed by atoms with Gasteiger partial charge in [0.25, 0.3) is 0 Å². The summed E-state index contributed by atoms with van der Waals surface area (Å²) in [7, 11) is 1.49. The molecule has 51 heavy (non-hydrogen) atoms. The number of carbonyl (C=O) groups is 4. The van der Waals surface area contributed by atoms with Crippen LogP contribution >= 0.6 is 0 Å². The Hall–Kier alpha value is -4.16. The molecule has 1 heterocycles. The fourth-order valence-electron chi connectivity index (χ4n) is 6.44. The zero-order valence-electron chi connectivity index (χ0n) is 31.5. The smallest absolute Gasteiger partial charge is 0.410 e. The van der Waals surface area contributed by atoms with E-state index in [0.29, 0.717) is 38.5 Å². The van der Waals surface area contributed by atoms with Crippen LogP contribution < -0.4 is 21.1 Å². The minimum Gasteiger partial charge on any atom is -0.491 e. The number of ether oxygens (including phenoxy) is 3. The van der Waals surface area contributed by atoms with Gasteiger partial charge in [0.1, 0.15) is 36.1 Å². The van der Waals surface area contributed by atoms with E-state index in [1.165, 1.54) is 17.5 Å². The molecular formula is C39H57N5O7. The SMILES string of the molecule is C[C@@H](C(=O)N[C@H](C(=O)N1Cc2cc(OCCOCCN)ccc2C[C@H]1C(=O)N[C@H]1CCCc2ccccc21)C(C)(C)C)N(C)C(=O)OC(C)(C)C. The molecule has 0 radical (unpaired) electrons. The summed E-state index contributed by atoms with van der Waals surface area (Å²) in [5, 5.41) is 6.20. The molecule has 4 atom stereocenters. The highest BCUT2D eigenvalue weighted by molar-refractivity contribution is 5.94. The molecule has 0 bridgehead atoms. The van der Waals surface area contributed by atoms with Crippen LogP contribution in [0.3, 0.4) is 0 Å². The summed E-state index contributed by atoms with van der Waals surface area (Å²) in [6, 6.07) is 10.9. The summed E-state index contributed by atoms with van der Waals surface area (Å²) < 4.78 is 16.8. The van der Waals surface area contributed by atoms with Crippen molar-refractivity contribution in [3.8, 4) is 5.75 Å². The molecule has 0 saturated heterocycles. The van der Waals surface area contributed by atoms with Gasteiger partial charge >= 0.3 is 6.09 Å². The molecule has 0 saturated carbocycles. The summed E-state index contributed by atoms with van der Waals surface area (Å²) in [6.07, 6.45) is 2.36. The maximum absolute atomic E-state index is 14.7. The number of benzene rings is 2. The minimum atomic E-state index is -1.01. The van der Waals surface area contributed by atoms with E-state index in [2.05, 4.69) is 22.8 Å². The molecule has 4 amide bonds. The molecule has 280 valence electrons. The molecule has 2 aromatic carbocycles. The first-order valence-electron chi connectivity index (χ1n) is 18.0. The van der Waals surface area contributed by atoms with Gasteiger partial charge in [-0.05, 0) is 86.8 Å². The standard InChI is InChI=1S/C39H57N5O7/c1-25(43(8)37(48)51-39(5,6)7)34(45)42-33(38(2,3)4)36(47)44-24-28-22-29(50-21-20-49-19-18-40)17-16-27(28)23-32(44)35(46)41-31-15-11-13-26-12-9-10-14-30(26)31/h9-10,12,14,16-17,22,25,31-33H,11,13,15,18-21,23-24,40H2,1-8H3,(H,41,46)(H,42,45)/t25-,31-,32-,33+/m0/s1. The molecule has 4 rings (SSSR count). The van der Waals surface area contributed by atoms with E-state index >= 15 is 0 Å². The maximum atomic E-state index is 14.7. The van der Waals surface area contributed by atoms with Crippen molar-refractivity contribution in [3.63, 3.8) is 0 Å². The molecule has 0 spiro atoms. The summed E-state index contributed by atoms with van der Waals surface area (Å²) in [5.41, 5.74) is 8.14. The van der Waals surface area contributed by atoms with E-state index < -0.39 is 41.1 Å². The summed E-state index contributed by atoms with van der Waals surface area (Å²) >= 11 is 0. The second-order valence-corrected chi connectivity index (χ2v) is 15.6. The van der Waals surface area contributed by atoms with Crippen LogP contribution in [0.5, 0.6) is 5.75 Å². The van der Waals surface area contributed by atoms with E-state index in [-0.39, 0.29) is 24.4 Å². The molecule has 0 unspecified atom stereocenters. The third-order valence-corrected chi connectivity index (χ3v) is 9.38. The number of nitrogens with one attached hydrogen (secondary N) is 2. The maximum Gasteiger partial charge on any atom is 0.410 e. The Labute approximate surface area is 302 Å². The van der Waals surface area contributed by atoms with Gasteiger partial charge in [-0.25, -0.2) is 4.79 Å². The first-order chi connectivity index (χ1) is 24.0. The molecule has 0 fully saturated rings. The summed E-state index contributed by atoms with van der Waals surface area (Å²) in [5.74, 6) is -0.523. The van der Waals surface area contributed by atoms with Crippen LogP contribution in [0.2, 0.25) is 0 Å². The van der Waals surface area contributed by atoms with Crippen LogP contribution in [-0.4, -0.2) is 90.8 Å². The highest BCUT2D eigenvalue weighted by Gasteiger charge is 2.43. The van der Waals surface area contributed by atoms with Gasteiger partial charge in [-0.1, -0.05) is 51.1 Å². The number of hydrogen-bond donors (Lipinski definition) is 3. The molecule has 2 aliphatic rings. The number of amides is 4. The summed E-state index contributed by atoms with van der Waals surface area (Å²) in [4.78, 5) is 58.2. The lowest BCUT2D eigenvalue weighted by atomic mass is 9.83. The Morgan fingerprint density at radius 3 is 2.39 bits per heavy atom. The van der Waals surface area contributed by atoms with Gasteiger partial charge < -0.3 is 35.5 Å². The van der Waals surface area contributed by atoms with Crippen molar-refractivity contribution in [2.24, 2.45) is 11.1 Å². The van der Waals surface area contributed by atoms with Crippen LogP contribution in [0.4, 0.5) is 4.79 Å². The highest BCUT2D eigenvalue weighted by atomic mass is 16.6. The predicted octanol–water partition coefficient (Wildman–Crippen LogP) is 4.27. The molecule has 2 aromatic rings. The zero-order chi connectivity index (χ0) is 37.5.